The summed E-state index contributed by atoms with van der Waals surface area (Å²) < 4.78 is 4.73. The third-order valence-electron chi connectivity index (χ3n) is 2.55. The van der Waals surface area contributed by atoms with Gasteiger partial charge < -0.3 is 4.57 Å². The fraction of sp³-hybridized carbons (Fsp3) is 0.333. The van der Waals surface area contributed by atoms with Crippen LogP contribution in [0.15, 0.2) is 17.1 Å². The molecule has 0 amide bonds. The molecule has 0 saturated heterocycles. The summed E-state index contributed by atoms with van der Waals surface area (Å²) in [6.07, 6.45) is 1.78. The van der Waals surface area contributed by atoms with E-state index >= 15 is 0 Å². The largest absolute Gasteiger partial charge is 0.335 e. The van der Waals surface area contributed by atoms with Crippen LogP contribution in [0.3, 0.4) is 0 Å². The second-order valence-electron chi connectivity index (χ2n) is 3.41. The van der Waals surface area contributed by atoms with E-state index in [9.17, 15) is 4.79 Å². The highest BCUT2D eigenvalue weighted by Crippen LogP contribution is 2.04. The van der Waals surface area contributed by atoms with Gasteiger partial charge in [0.15, 0.2) is 5.49 Å². The minimum absolute atomic E-state index is 0.0975. The Hall–Kier alpha value is -1.78. The molecule has 0 aliphatic carbocycles. The van der Waals surface area contributed by atoms with Gasteiger partial charge in [0.25, 0.3) is 0 Å². The Kier molecular flexibility index (Phi) is 1.64. The standard InChI is InChI=1S/C9H12N4O/c1-11-5-4-6-7(8(11)10)13(3)9(14)12(6)2/h4-5,10H,1-3H3. The molecule has 5 heteroatoms. The number of aryl methyl sites for hydroxylation is 3. The van der Waals surface area contributed by atoms with Gasteiger partial charge in [-0.05, 0) is 6.07 Å². The average molecular weight is 192 g/mol. The first-order valence-corrected chi connectivity index (χ1v) is 4.29. The number of nitrogens with zero attached hydrogens (tertiary/aromatic N) is 3. The van der Waals surface area contributed by atoms with E-state index in [1.54, 1.807) is 36.5 Å². The van der Waals surface area contributed by atoms with Gasteiger partial charge in [0.05, 0.1) is 5.52 Å². The number of pyridine rings is 1. The van der Waals surface area contributed by atoms with Crippen LogP contribution in [-0.4, -0.2) is 13.7 Å². The molecular weight excluding hydrogens is 180 g/mol. The van der Waals surface area contributed by atoms with Gasteiger partial charge in [-0.15, -0.1) is 0 Å². The minimum Gasteiger partial charge on any atom is -0.335 e. The van der Waals surface area contributed by atoms with E-state index in [0.717, 1.165) is 5.52 Å². The molecule has 0 aliphatic heterocycles. The summed E-state index contributed by atoms with van der Waals surface area (Å²) in [6, 6.07) is 1.84. The molecule has 0 bridgehead atoms. The van der Waals surface area contributed by atoms with Crippen molar-refractivity contribution in [1.29, 1.82) is 5.41 Å². The lowest BCUT2D eigenvalue weighted by Crippen LogP contribution is -2.22. The third-order valence-corrected chi connectivity index (χ3v) is 2.55. The zero-order chi connectivity index (χ0) is 10.5. The summed E-state index contributed by atoms with van der Waals surface area (Å²) in [5, 5.41) is 7.83. The van der Waals surface area contributed by atoms with Crippen LogP contribution in [0.5, 0.6) is 0 Å². The van der Waals surface area contributed by atoms with Gasteiger partial charge >= 0.3 is 5.69 Å². The number of fused-ring (bicyclic) bond motifs is 1. The lowest BCUT2D eigenvalue weighted by Gasteiger charge is -2.00. The maximum Gasteiger partial charge on any atom is 0.328 e. The monoisotopic (exact) mass is 192 g/mol. The van der Waals surface area contributed by atoms with Gasteiger partial charge in [0.2, 0.25) is 0 Å². The van der Waals surface area contributed by atoms with Crippen LogP contribution in [0.1, 0.15) is 0 Å². The molecule has 2 rings (SSSR count). The lowest BCUT2D eigenvalue weighted by molar-refractivity contribution is 0.783. The van der Waals surface area contributed by atoms with Gasteiger partial charge in [-0.3, -0.25) is 14.5 Å². The summed E-state index contributed by atoms with van der Waals surface area (Å²) in [5.41, 5.74) is 1.71. The number of hydrogen-bond acceptors (Lipinski definition) is 2. The van der Waals surface area contributed by atoms with E-state index in [1.807, 2.05) is 6.07 Å². The lowest BCUT2D eigenvalue weighted by atomic mass is 10.4. The Bertz CT molecular complexity index is 614. The van der Waals surface area contributed by atoms with Crippen molar-refractivity contribution in [1.82, 2.24) is 13.7 Å². The summed E-state index contributed by atoms with van der Waals surface area (Å²) in [5.74, 6) is 0. The predicted octanol–water partition coefficient (Wildman–Crippen LogP) is -0.305. The Morgan fingerprint density at radius 1 is 1.21 bits per heavy atom. The Morgan fingerprint density at radius 3 is 2.50 bits per heavy atom. The molecule has 2 heterocycles. The average Bonchev–Trinajstić information content (AvgIpc) is 2.38. The normalized spacial score (nSPS) is 11.1. The third kappa shape index (κ3) is 0.891. The van der Waals surface area contributed by atoms with Crippen LogP contribution in [-0.2, 0) is 21.1 Å². The van der Waals surface area contributed by atoms with E-state index in [-0.39, 0.29) is 5.69 Å². The molecule has 2 aromatic heterocycles. The number of rotatable bonds is 0. The minimum atomic E-state index is -0.0975. The van der Waals surface area contributed by atoms with Gasteiger partial charge in [-0.25, -0.2) is 4.79 Å². The van der Waals surface area contributed by atoms with E-state index in [4.69, 9.17) is 5.41 Å². The molecule has 0 spiro atoms. The quantitative estimate of drug-likeness (QED) is 0.612. The van der Waals surface area contributed by atoms with Crippen molar-refractivity contribution in [2.75, 3.05) is 0 Å². The topological polar surface area (TPSA) is 55.7 Å². The molecule has 0 radical (unpaired) electrons. The summed E-state index contributed by atoms with van der Waals surface area (Å²) in [6.45, 7) is 0. The number of nitrogens with one attached hydrogen (secondary N) is 1. The Morgan fingerprint density at radius 2 is 1.86 bits per heavy atom. The summed E-state index contributed by atoms with van der Waals surface area (Å²) in [4.78, 5) is 11.6. The van der Waals surface area contributed by atoms with Crippen molar-refractivity contribution in [3.8, 4) is 0 Å². The fourth-order valence-corrected chi connectivity index (χ4v) is 1.65. The molecule has 0 aromatic carbocycles. The van der Waals surface area contributed by atoms with Gasteiger partial charge in [0.1, 0.15) is 5.52 Å². The summed E-state index contributed by atoms with van der Waals surface area (Å²) >= 11 is 0. The zero-order valence-corrected chi connectivity index (χ0v) is 8.40. The molecular formula is C9H12N4O. The molecule has 74 valence electrons. The van der Waals surface area contributed by atoms with Crippen molar-refractivity contribution in [3.05, 3.63) is 28.2 Å². The van der Waals surface area contributed by atoms with E-state index in [0.29, 0.717) is 11.0 Å². The second-order valence-corrected chi connectivity index (χ2v) is 3.41. The highest BCUT2D eigenvalue weighted by molar-refractivity contribution is 5.74. The van der Waals surface area contributed by atoms with Crippen LogP contribution in [0.2, 0.25) is 0 Å². The number of hydrogen-bond donors (Lipinski definition) is 1. The maximum absolute atomic E-state index is 11.6. The molecule has 0 atom stereocenters. The molecule has 0 unspecified atom stereocenters. The van der Waals surface area contributed by atoms with Crippen LogP contribution >= 0.6 is 0 Å². The van der Waals surface area contributed by atoms with E-state index < -0.39 is 0 Å². The molecule has 1 N–H and O–H groups in total. The van der Waals surface area contributed by atoms with Crippen LogP contribution in [0.25, 0.3) is 11.0 Å². The van der Waals surface area contributed by atoms with Crippen molar-refractivity contribution in [2.45, 2.75) is 0 Å². The molecule has 0 fully saturated rings. The Labute approximate surface area is 80.3 Å². The predicted molar refractivity (Wildman–Crippen MR) is 53.0 cm³/mol. The SMILES string of the molecule is Cn1ccc2c(c1=N)n(C)c(=O)n2C. The molecule has 0 saturated carbocycles. The first-order chi connectivity index (χ1) is 6.54. The molecule has 5 nitrogen and oxygen atoms in total. The van der Waals surface area contributed by atoms with Crippen molar-refractivity contribution in [3.63, 3.8) is 0 Å². The zero-order valence-electron chi connectivity index (χ0n) is 8.40. The maximum atomic E-state index is 11.6. The van der Waals surface area contributed by atoms with Crippen molar-refractivity contribution < 1.29 is 0 Å². The number of aromatic nitrogens is 3. The summed E-state index contributed by atoms with van der Waals surface area (Å²) in [7, 11) is 5.19. The first kappa shape index (κ1) is 8.80. The van der Waals surface area contributed by atoms with Gasteiger partial charge in [-0.2, -0.15) is 0 Å². The van der Waals surface area contributed by atoms with Gasteiger partial charge in [0, 0.05) is 27.3 Å². The number of imidazole rings is 1. The molecule has 2 aromatic rings. The fourth-order valence-electron chi connectivity index (χ4n) is 1.65. The molecule has 14 heavy (non-hydrogen) atoms. The van der Waals surface area contributed by atoms with Gasteiger partial charge in [-0.1, -0.05) is 0 Å². The second kappa shape index (κ2) is 2.60. The first-order valence-electron chi connectivity index (χ1n) is 4.29. The highest BCUT2D eigenvalue weighted by Gasteiger charge is 2.08. The van der Waals surface area contributed by atoms with Crippen molar-refractivity contribution in [2.24, 2.45) is 21.1 Å². The van der Waals surface area contributed by atoms with E-state index in [1.165, 1.54) is 4.57 Å². The van der Waals surface area contributed by atoms with Crippen LogP contribution in [0, 0.1) is 5.41 Å². The van der Waals surface area contributed by atoms with Crippen LogP contribution < -0.4 is 11.2 Å². The van der Waals surface area contributed by atoms with Crippen LogP contribution in [0.4, 0.5) is 0 Å². The highest BCUT2D eigenvalue weighted by atomic mass is 16.1. The van der Waals surface area contributed by atoms with E-state index in [2.05, 4.69) is 0 Å². The van der Waals surface area contributed by atoms with Crippen molar-refractivity contribution >= 4 is 11.0 Å². The Balaban J connectivity index is 3.20. The molecule has 0 aliphatic rings. The smallest absolute Gasteiger partial charge is 0.328 e.